The van der Waals surface area contributed by atoms with Crippen molar-refractivity contribution in [3.63, 3.8) is 0 Å². The monoisotopic (exact) mass is 344 g/mol. The molecule has 2 atom stereocenters. The third kappa shape index (κ3) is 3.67. The Morgan fingerprint density at radius 2 is 2.08 bits per heavy atom. The highest BCUT2D eigenvalue weighted by atomic mass is 16.5. The number of nitrogens with one attached hydrogen (secondary N) is 1. The van der Waals surface area contributed by atoms with E-state index in [1.807, 2.05) is 6.07 Å². The van der Waals surface area contributed by atoms with Crippen molar-refractivity contribution in [2.45, 2.75) is 32.6 Å². The van der Waals surface area contributed by atoms with Crippen LogP contribution >= 0.6 is 0 Å². The van der Waals surface area contributed by atoms with Gasteiger partial charge >= 0.3 is 5.97 Å². The molecule has 1 aromatic carbocycles. The second-order valence-electron chi connectivity index (χ2n) is 6.80. The minimum absolute atomic E-state index is 0.0351. The van der Waals surface area contributed by atoms with Crippen LogP contribution < -0.4 is 10.2 Å². The predicted molar refractivity (Wildman–Crippen MR) is 93.4 cm³/mol. The first-order valence-corrected chi connectivity index (χ1v) is 8.81. The van der Waals surface area contributed by atoms with Gasteiger partial charge < -0.3 is 15.0 Å². The molecule has 1 fully saturated rings. The maximum atomic E-state index is 12.6. The van der Waals surface area contributed by atoms with Crippen LogP contribution in [0.25, 0.3) is 0 Å². The highest BCUT2D eigenvalue weighted by molar-refractivity contribution is 5.99. The summed E-state index contributed by atoms with van der Waals surface area (Å²) in [7, 11) is 1.36. The number of esters is 1. The highest BCUT2D eigenvalue weighted by Gasteiger charge is 2.38. The van der Waals surface area contributed by atoms with Gasteiger partial charge in [-0.15, -0.1) is 0 Å². The summed E-state index contributed by atoms with van der Waals surface area (Å²) in [6.07, 6.45) is 2.75. The van der Waals surface area contributed by atoms with E-state index in [9.17, 15) is 14.4 Å². The van der Waals surface area contributed by atoms with E-state index in [0.717, 1.165) is 30.5 Å². The van der Waals surface area contributed by atoms with Gasteiger partial charge in [0.25, 0.3) is 0 Å². The quantitative estimate of drug-likeness (QED) is 0.828. The van der Waals surface area contributed by atoms with E-state index in [-0.39, 0.29) is 30.1 Å². The first kappa shape index (κ1) is 17.5. The summed E-state index contributed by atoms with van der Waals surface area (Å²) in [5.74, 6) is 0.214. The fourth-order valence-corrected chi connectivity index (χ4v) is 3.43. The molecule has 25 heavy (non-hydrogen) atoms. The smallest absolute Gasteiger partial charge is 0.338 e. The molecule has 1 aliphatic heterocycles. The molecule has 0 unspecified atom stereocenters. The molecular formula is C19H24N2O4. The average molecular weight is 344 g/mol. The number of ether oxygens (including phenoxy) is 1. The number of anilines is 1. The Labute approximate surface area is 147 Å². The first-order chi connectivity index (χ1) is 12.0. The zero-order valence-electron chi connectivity index (χ0n) is 14.7. The van der Waals surface area contributed by atoms with Crippen molar-refractivity contribution < 1.29 is 19.1 Å². The minimum atomic E-state index is -0.378. The van der Waals surface area contributed by atoms with Crippen LogP contribution in [0.15, 0.2) is 18.2 Å². The molecule has 0 saturated heterocycles. The van der Waals surface area contributed by atoms with Crippen LogP contribution in [0, 0.1) is 11.8 Å². The molecule has 2 aliphatic rings. The van der Waals surface area contributed by atoms with Crippen molar-refractivity contribution in [1.82, 2.24) is 5.32 Å². The fourth-order valence-electron chi connectivity index (χ4n) is 3.43. The molecule has 1 N–H and O–H groups in total. The predicted octanol–water partition coefficient (Wildman–Crippen LogP) is 1.91. The average Bonchev–Trinajstić information content (AvgIpc) is 3.36. The summed E-state index contributed by atoms with van der Waals surface area (Å²) in [6.45, 7) is 3.03. The van der Waals surface area contributed by atoms with Crippen molar-refractivity contribution in [2.24, 2.45) is 11.8 Å². The van der Waals surface area contributed by atoms with E-state index in [0.29, 0.717) is 24.6 Å². The molecule has 0 spiro atoms. The number of carbonyl (C=O) groups is 3. The molecule has 1 saturated carbocycles. The van der Waals surface area contributed by atoms with Gasteiger partial charge in [-0.3, -0.25) is 9.59 Å². The molecule has 6 nitrogen and oxygen atoms in total. The number of nitrogens with zero attached hydrogens (tertiary/aromatic N) is 1. The van der Waals surface area contributed by atoms with Gasteiger partial charge in [-0.05, 0) is 42.9 Å². The minimum Gasteiger partial charge on any atom is -0.465 e. The van der Waals surface area contributed by atoms with Crippen molar-refractivity contribution in [1.29, 1.82) is 0 Å². The van der Waals surface area contributed by atoms with Gasteiger partial charge in [0.2, 0.25) is 11.8 Å². The van der Waals surface area contributed by atoms with Crippen LogP contribution in [0.2, 0.25) is 0 Å². The molecule has 1 aliphatic carbocycles. The Kier molecular flexibility index (Phi) is 5.06. The van der Waals surface area contributed by atoms with Gasteiger partial charge in [0.1, 0.15) is 0 Å². The van der Waals surface area contributed by atoms with Gasteiger partial charge in [0.15, 0.2) is 0 Å². The number of amides is 2. The number of hydrogen-bond donors (Lipinski definition) is 1. The lowest BCUT2D eigenvalue weighted by Gasteiger charge is -2.30. The normalized spacial score (nSPS) is 21.3. The standard InChI is InChI=1S/C19H24N2O4/c1-12-11-15(12)18(23)20-9-8-17(22)21-10-4-6-13-14(19(24)25-2)5-3-7-16(13)21/h3,5,7,12,15H,4,6,8-11H2,1-2H3,(H,20,23)/t12-,15-/m0/s1. The van der Waals surface area contributed by atoms with Crippen molar-refractivity contribution >= 4 is 23.5 Å². The molecular weight excluding hydrogens is 320 g/mol. The zero-order chi connectivity index (χ0) is 18.0. The van der Waals surface area contributed by atoms with E-state index >= 15 is 0 Å². The van der Waals surface area contributed by atoms with Crippen molar-refractivity contribution in [3.8, 4) is 0 Å². The Hall–Kier alpha value is -2.37. The molecule has 0 radical (unpaired) electrons. The van der Waals surface area contributed by atoms with Crippen LogP contribution in [-0.2, 0) is 20.7 Å². The van der Waals surface area contributed by atoms with Crippen LogP contribution in [0.4, 0.5) is 5.69 Å². The Morgan fingerprint density at radius 3 is 2.76 bits per heavy atom. The Bertz CT molecular complexity index is 701. The molecule has 0 bridgehead atoms. The first-order valence-electron chi connectivity index (χ1n) is 8.81. The topological polar surface area (TPSA) is 75.7 Å². The van der Waals surface area contributed by atoms with Crippen LogP contribution in [0.1, 0.15) is 42.1 Å². The summed E-state index contributed by atoms with van der Waals surface area (Å²) in [6, 6.07) is 5.37. The number of hydrogen-bond acceptors (Lipinski definition) is 4. The lowest BCUT2D eigenvalue weighted by Crippen LogP contribution is -2.38. The summed E-state index contributed by atoms with van der Waals surface area (Å²) in [4.78, 5) is 38.1. The second kappa shape index (κ2) is 7.25. The maximum Gasteiger partial charge on any atom is 0.338 e. The Balaban J connectivity index is 1.65. The van der Waals surface area contributed by atoms with Crippen LogP contribution in [0.5, 0.6) is 0 Å². The zero-order valence-corrected chi connectivity index (χ0v) is 14.7. The number of carbonyl (C=O) groups excluding carboxylic acids is 3. The molecule has 1 heterocycles. The van der Waals surface area contributed by atoms with Gasteiger partial charge in [-0.2, -0.15) is 0 Å². The van der Waals surface area contributed by atoms with Gasteiger partial charge in [-0.25, -0.2) is 4.79 Å². The second-order valence-corrected chi connectivity index (χ2v) is 6.80. The third-order valence-electron chi connectivity index (χ3n) is 5.04. The largest absolute Gasteiger partial charge is 0.465 e. The summed E-state index contributed by atoms with van der Waals surface area (Å²) < 4.78 is 4.84. The molecule has 2 amide bonds. The molecule has 6 heteroatoms. The number of benzene rings is 1. The lowest BCUT2D eigenvalue weighted by atomic mass is 9.96. The van der Waals surface area contributed by atoms with Gasteiger partial charge in [0.05, 0.1) is 12.7 Å². The van der Waals surface area contributed by atoms with Gasteiger partial charge in [0, 0.05) is 31.1 Å². The number of rotatable bonds is 5. The van der Waals surface area contributed by atoms with E-state index in [1.54, 1.807) is 17.0 Å². The van der Waals surface area contributed by atoms with E-state index in [1.165, 1.54) is 7.11 Å². The molecule has 3 rings (SSSR count). The SMILES string of the molecule is COC(=O)c1cccc2c1CCCN2C(=O)CCNC(=O)[C@H]1C[C@@H]1C. The number of methoxy groups -OCH3 is 1. The third-order valence-corrected chi connectivity index (χ3v) is 5.04. The summed E-state index contributed by atoms with van der Waals surface area (Å²) in [5.41, 5.74) is 2.17. The van der Waals surface area contributed by atoms with E-state index < -0.39 is 0 Å². The van der Waals surface area contributed by atoms with Crippen LogP contribution in [0.3, 0.4) is 0 Å². The lowest BCUT2D eigenvalue weighted by molar-refractivity contribution is -0.122. The summed E-state index contributed by atoms with van der Waals surface area (Å²) in [5, 5.41) is 2.85. The van der Waals surface area contributed by atoms with E-state index in [2.05, 4.69) is 12.2 Å². The van der Waals surface area contributed by atoms with Crippen molar-refractivity contribution in [3.05, 3.63) is 29.3 Å². The molecule has 1 aromatic rings. The molecule has 134 valence electrons. The fraction of sp³-hybridized carbons (Fsp3) is 0.526. The Morgan fingerprint density at radius 1 is 1.32 bits per heavy atom. The highest BCUT2D eigenvalue weighted by Crippen LogP contribution is 2.37. The van der Waals surface area contributed by atoms with Gasteiger partial charge in [-0.1, -0.05) is 13.0 Å². The maximum absolute atomic E-state index is 12.6. The number of fused-ring (bicyclic) bond motifs is 1. The van der Waals surface area contributed by atoms with Crippen molar-refractivity contribution in [2.75, 3.05) is 25.1 Å². The van der Waals surface area contributed by atoms with Crippen LogP contribution in [-0.4, -0.2) is 38.0 Å². The van der Waals surface area contributed by atoms with E-state index in [4.69, 9.17) is 4.74 Å². The molecule has 0 aromatic heterocycles. The summed E-state index contributed by atoms with van der Waals surface area (Å²) >= 11 is 0.